The summed E-state index contributed by atoms with van der Waals surface area (Å²) in [7, 11) is 0. The Morgan fingerprint density at radius 2 is 2.29 bits per heavy atom. The highest BCUT2D eigenvalue weighted by atomic mass is 32.2. The smallest absolute Gasteiger partial charge is 0.183 e. The summed E-state index contributed by atoms with van der Waals surface area (Å²) in [5.74, 6) is 0. The first kappa shape index (κ1) is 14.0. The van der Waals surface area contributed by atoms with Gasteiger partial charge in [-0.1, -0.05) is 18.7 Å². The van der Waals surface area contributed by atoms with E-state index in [0.717, 1.165) is 11.6 Å². The highest BCUT2D eigenvalue weighted by Crippen LogP contribution is 2.25. The van der Waals surface area contributed by atoms with Gasteiger partial charge in [0, 0.05) is 11.3 Å². The maximum Gasteiger partial charge on any atom is 0.183 e. The van der Waals surface area contributed by atoms with Crippen LogP contribution in [0.1, 0.15) is 34.1 Å². The SMILES string of the molecule is CC(C)NC(C)(C#N)CC(C)Sc1ncn[nH]1. The molecule has 0 aliphatic rings. The number of H-pyrrole nitrogens is 1. The molecule has 0 radical (unpaired) electrons. The first-order chi connectivity index (χ1) is 7.95. The molecule has 1 aromatic heterocycles. The van der Waals surface area contributed by atoms with Crippen LogP contribution in [0.2, 0.25) is 0 Å². The van der Waals surface area contributed by atoms with Crippen molar-refractivity contribution >= 4 is 11.8 Å². The molecule has 0 amide bonds. The third kappa shape index (κ3) is 4.75. The predicted molar refractivity (Wildman–Crippen MR) is 68.6 cm³/mol. The van der Waals surface area contributed by atoms with Crippen LogP contribution in [0.4, 0.5) is 0 Å². The monoisotopic (exact) mass is 253 g/mol. The van der Waals surface area contributed by atoms with E-state index in [1.54, 1.807) is 11.8 Å². The highest BCUT2D eigenvalue weighted by Gasteiger charge is 2.27. The summed E-state index contributed by atoms with van der Waals surface area (Å²) in [5.41, 5.74) is -0.499. The number of hydrogen-bond donors (Lipinski definition) is 2. The van der Waals surface area contributed by atoms with Crippen molar-refractivity contribution in [2.45, 2.75) is 56.1 Å². The van der Waals surface area contributed by atoms with Gasteiger partial charge in [-0.05, 0) is 27.2 Å². The van der Waals surface area contributed by atoms with Crippen molar-refractivity contribution in [3.8, 4) is 6.07 Å². The maximum atomic E-state index is 9.25. The molecule has 1 heterocycles. The fourth-order valence-corrected chi connectivity index (χ4v) is 2.84. The van der Waals surface area contributed by atoms with E-state index in [4.69, 9.17) is 0 Å². The molecule has 0 spiro atoms. The lowest BCUT2D eigenvalue weighted by molar-refractivity contribution is 0.382. The van der Waals surface area contributed by atoms with Crippen LogP contribution in [0.15, 0.2) is 11.5 Å². The number of nitrogens with one attached hydrogen (secondary N) is 2. The van der Waals surface area contributed by atoms with Gasteiger partial charge in [0.2, 0.25) is 0 Å². The van der Waals surface area contributed by atoms with Crippen molar-refractivity contribution in [3.63, 3.8) is 0 Å². The van der Waals surface area contributed by atoms with Crippen LogP contribution >= 0.6 is 11.8 Å². The molecule has 0 aliphatic heterocycles. The van der Waals surface area contributed by atoms with Crippen molar-refractivity contribution in [2.24, 2.45) is 0 Å². The molecule has 5 nitrogen and oxygen atoms in total. The summed E-state index contributed by atoms with van der Waals surface area (Å²) in [4.78, 5) is 4.07. The van der Waals surface area contributed by atoms with Crippen LogP contribution in [-0.2, 0) is 0 Å². The largest absolute Gasteiger partial charge is 0.297 e. The van der Waals surface area contributed by atoms with Gasteiger partial charge in [0.1, 0.15) is 11.9 Å². The van der Waals surface area contributed by atoms with Crippen LogP contribution in [0.25, 0.3) is 0 Å². The first-order valence-corrected chi connectivity index (χ1v) is 6.54. The number of nitrogens with zero attached hydrogens (tertiary/aromatic N) is 3. The molecular weight excluding hydrogens is 234 g/mol. The Morgan fingerprint density at radius 1 is 1.59 bits per heavy atom. The fraction of sp³-hybridized carbons (Fsp3) is 0.727. The summed E-state index contributed by atoms with van der Waals surface area (Å²) in [6.07, 6.45) is 2.25. The topological polar surface area (TPSA) is 77.4 Å². The summed E-state index contributed by atoms with van der Waals surface area (Å²) in [6, 6.07) is 2.64. The summed E-state index contributed by atoms with van der Waals surface area (Å²) in [5, 5.41) is 20.2. The maximum absolute atomic E-state index is 9.25. The zero-order valence-electron chi connectivity index (χ0n) is 10.7. The van der Waals surface area contributed by atoms with Gasteiger partial charge in [-0.2, -0.15) is 10.4 Å². The second-order valence-electron chi connectivity index (χ2n) is 4.67. The number of thioether (sulfide) groups is 1. The van der Waals surface area contributed by atoms with E-state index in [2.05, 4.69) is 33.5 Å². The van der Waals surface area contributed by atoms with E-state index in [-0.39, 0.29) is 0 Å². The van der Waals surface area contributed by atoms with Crippen molar-refractivity contribution in [3.05, 3.63) is 6.33 Å². The molecular formula is C11H19N5S. The molecule has 0 saturated carbocycles. The number of aromatic nitrogens is 3. The summed E-state index contributed by atoms with van der Waals surface area (Å²) >= 11 is 1.60. The molecule has 2 N–H and O–H groups in total. The third-order valence-corrected chi connectivity index (χ3v) is 3.24. The average Bonchev–Trinajstić information content (AvgIpc) is 2.68. The van der Waals surface area contributed by atoms with Gasteiger partial charge < -0.3 is 0 Å². The minimum Gasteiger partial charge on any atom is -0.297 e. The highest BCUT2D eigenvalue weighted by molar-refractivity contribution is 7.99. The van der Waals surface area contributed by atoms with Crippen molar-refractivity contribution in [2.75, 3.05) is 0 Å². The minimum absolute atomic E-state index is 0.291. The lowest BCUT2D eigenvalue weighted by Crippen LogP contribution is -2.46. The zero-order chi connectivity index (χ0) is 12.9. The Hall–Kier alpha value is -1.06. The van der Waals surface area contributed by atoms with E-state index < -0.39 is 5.54 Å². The van der Waals surface area contributed by atoms with E-state index in [0.29, 0.717) is 11.3 Å². The third-order valence-electron chi connectivity index (χ3n) is 2.26. The number of hydrogen-bond acceptors (Lipinski definition) is 5. The van der Waals surface area contributed by atoms with Gasteiger partial charge in [-0.3, -0.25) is 10.4 Å². The molecule has 17 heavy (non-hydrogen) atoms. The van der Waals surface area contributed by atoms with Crippen LogP contribution in [0, 0.1) is 11.3 Å². The molecule has 0 aliphatic carbocycles. The van der Waals surface area contributed by atoms with Gasteiger partial charge in [0.25, 0.3) is 0 Å². The lowest BCUT2D eigenvalue weighted by Gasteiger charge is -2.28. The van der Waals surface area contributed by atoms with Gasteiger partial charge in [-0.25, -0.2) is 4.98 Å². The molecule has 6 heteroatoms. The Kier molecular flexibility index (Phi) is 4.97. The van der Waals surface area contributed by atoms with Crippen molar-refractivity contribution in [1.29, 1.82) is 5.26 Å². The predicted octanol–water partition coefficient (Wildman–Crippen LogP) is 1.96. The van der Waals surface area contributed by atoms with E-state index in [1.165, 1.54) is 6.33 Å². The average molecular weight is 253 g/mol. The lowest BCUT2D eigenvalue weighted by atomic mass is 9.97. The molecule has 0 saturated heterocycles. The quantitative estimate of drug-likeness (QED) is 0.758. The molecule has 1 aromatic rings. The fourth-order valence-electron chi connectivity index (χ4n) is 1.83. The number of rotatable bonds is 6. The van der Waals surface area contributed by atoms with Crippen LogP contribution in [0.3, 0.4) is 0 Å². The van der Waals surface area contributed by atoms with E-state index in [9.17, 15) is 5.26 Å². The van der Waals surface area contributed by atoms with Crippen molar-refractivity contribution in [1.82, 2.24) is 20.5 Å². The van der Waals surface area contributed by atoms with Gasteiger partial charge in [0.15, 0.2) is 5.16 Å². The second-order valence-corrected chi connectivity index (χ2v) is 6.09. The Bertz CT molecular complexity index is 370. The van der Waals surface area contributed by atoms with Gasteiger partial charge >= 0.3 is 0 Å². The van der Waals surface area contributed by atoms with Gasteiger partial charge in [-0.15, -0.1) is 0 Å². The summed E-state index contributed by atoms with van der Waals surface area (Å²) < 4.78 is 0. The van der Waals surface area contributed by atoms with Crippen LogP contribution in [0.5, 0.6) is 0 Å². The normalized spacial score (nSPS) is 16.5. The van der Waals surface area contributed by atoms with E-state index >= 15 is 0 Å². The summed E-state index contributed by atoms with van der Waals surface area (Å²) in [6.45, 7) is 8.11. The Labute approximate surface area is 106 Å². The molecule has 0 aromatic carbocycles. The van der Waals surface area contributed by atoms with Crippen LogP contribution in [-0.4, -0.2) is 32.0 Å². The molecule has 0 fully saturated rings. The molecule has 2 atom stereocenters. The molecule has 0 bridgehead atoms. The molecule has 1 rings (SSSR count). The zero-order valence-corrected chi connectivity index (χ0v) is 11.5. The molecule has 2 unspecified atom stereocenters. The Balaban J connectivity index is 2.53. The van der Waals surface area contributed by atoms with Gasteiger partial charge in [0.05, 0.1) is 6.07 Å². The number of nitriles is 1. The molecule has 94 valence electrons. The first-order valence-electron chi connectivity index (χ1n) is 5.66. The Morgan fingerprint density at radius 3 is 2.76 bits per heavy atom. The minimum atomic E-state index is -0.499. The van der Waals surface area contributed by atoms with Crippen molar-refractivity contribution < 1.29 is 0 Å². The van der Waals surface area contributed by atoms with Crippen LogP contribution < -0.4 is 5.32 Å². The standard InChI is InChI=1S/C11H19N5S/c1-8(2)15-11(4,6-12)5-9(3)17-10-13-7-14-16-10/h7-9,15H,5H2,1-4H3,(H,13,14,16). The second kappa shape index (κ2) is 6.03. The van der Waals surface area contributed by atoms with E-state index in [1.807, 2.05) is 20.8 Å². The number of aromatic amines is 1.